The first-order valence-corrected chi connectivity index (χ1v) is 9.15. The van der Waals surface area contributed by atoms with Crippen molar-refractivity contribution in [2.45, 2.75) is 90.6 Å². The molecule has 1 heteroatoms. The Morgan fingerprint density at radius 3 is 2.41 bits per heavy atom. The summed E-state index contributed by atoms with van der Waals surface area (Å²) in [5.41, 5.74) is 3.36. The van der Waals surface area contributed by atoms with E-state index < -0.39 is 0 Å². The molecule has 124 valence electrons. The minimum absolute atomic E-state index is 0.184. The van der Waals surface area contributed by atoms with E-state index in [4.69, 9.17) is 0 Å². The molecule has 0 heterocycles. The lowest BCUT2D eigenvalue weighted by molar-refractivity contribution is 0.178. The van der Waals surface area contributed by atoms with Crippen LogP contribution in [-0.4, -0.2) is 6.04 Å². The molecule has 1 saturated carbocycles. The Kier molecular flexibility index (Phi) is 5.37. The van der Waals surface area contributed by atoms with Crippen LogP contribution < -0.4 is 5.32 Å². The Bertz CT molecular complexity index is 475. The molecule has 1 atom stereocenters. The van der Waals surface area contributed by atoms with Crippen LogP contribution in [0.2, 0.25) is 0 Å². The van der Waals surface area contributed by atoms with E-state index in [1.54, 1.807) is 0 Å². The smallest absolute Gasteiger partial charge is 0.0436 e. The maximum atomic E-state index is 4.00. The van der Waals surface area contributed by atoms with Gasteiger partial charge < -0.3 is 5.32 Å². The summed E-state index contributed by atoms with van der Waals surface area (Å²) >= 11 is 0. The molecule has 0 aromatic heterocycles. The van der Waals surface area contributed by atoms with E-state index in [-0.39, 0.29) is 11.0 Å². The average molecular weight is 302 g/mol. The highest BCUT2D eigenvalue weighted by Crippen LogP contribution is 2.41. The average Bonchev–Trinajstić information content (AvgIpc) is 2.49. The molecule has 1 aliphatic rings. The summed E-state index contributed by atoms with van der Waals surface area (Å²) in [7, 11) is 0. The number of hydrogen-bond donors (Lipinski definition) is 1. The molecule has 2 rings (SSSR count). The van der Waals surface area contributed by atoms with Crippen LogP contribution in [0.25, 0.3) is 0 Å². The molecule has 0 amide bonds. The van der Waals surface area contributed by atoms with Crippen molar-refractivity contribution in [2.75, 3.05) is 0 Å². The van der Waals surface area contributed by atoms with Crippen molar-refractivity contribution < 1.29 is 0 Å². The monoisotopic (exact) mass is 301 g/mol. The maximum absolute atomic E-state index is 4.00. The van der Waals surface area contributed by atoms with Crippen molar-refractivity contribution in [3.05, 3.63) is 35.4 Å². The van der Waals surface area contributed by atoms with Crippen LogP contribution in [0.1, 0.15) is 84.8 Å². The molecule has 22 heavy (non-hydrogen) atoms. The lowest BCUT2D eigenvalue weighted by Gasteiger charge is -2.43. The highest BCUT2D eigenvalue weighted by Gasteiger charge is 2.36. The van der Waals surface area contributed by atoms with Gasteiger partial charge in [0.15, 0.2) is 0 Å². The number of benzene rings is 1. The molecule has 0 aliphatic heterocycles. The molecule has 1 unspecified atom stereocenters. The molecular weight excluding hydrogens is 266 g/mol. The minimum Gasteiger partial charge on any atom is -0.305 e. The Morgan fingerprint density at radius 2 is 1.86 bits per heavy atom. The Hall–Kier alpha value is -0.820. The first-order chi connectivity index (χ1) is 10.3. The van der Waals surface area contributed by atoms with Gasteiger partial charge in [-0.2, -0.15) is 0 Å². The molecule has 0 spiro atoms. The first-order valence-electron chi connectivity index (χ1n) is 9.15. The fraction of sp³-hybridized carbons (Fsp3) is 0.714. The standard InChI is InChI=1S/C21H35N/c1-7-17(3)22-21(13-11-16(2)12-14-21)19-10-8-9-18(15-19)20(4,5)6/h8-10,15-17,22H,7,11-14H2,1-6H3. The van der Waals surface area contributed by atoms with E-state index in [0.29, 0.717) is 6.04 Å². The van der Waals surface area contributed by atoms with Crippen LogP contribution in [0, 0.1) is 5.92 Å². The van der Waals surface area contributed by atoms with Crippen LogP contribution in [0.15, 0.2) is 24.3 Å². The highest BCUT2D eigenvalue weighted by atomic mass is 15.0. The van der Waals surface area contributed by atoms with E-state index in [1.165, 1.54) is 43.2 Å². The summed E-state index contributed by atoms with van der Waals surface area (Å²) in [6, 6.07) is 9.93. The number of hydrogen-bond acceptors (Lipinski definition) is 1. The molecule has 0 saturated heterocycles. The van der Waals surface area contributed by atoms with E-state index in [2.05, 4.69) is 71.1 Å². The quantitative estimate of drug-likeness (QED) is 0.743. The summed E-state index contributed by atoms with van der Waals surface area (Å²) in [4.78, 5) is 0. The predicted molar refractivity (Wildman–Crippen MR) is 97.3 cm³/mol. The van der Waals surface area contributed by atoms with Crippen molar-refractivity contribution in [1.29, 1.82) is 0 Å². The van der Waals surface area contributed by atoms with Crippen LogP contribution >= 0.6 is 0 Å². The van der Waals surface area contributed by atoms with Gasteiger partial charge in [0.25, 0.3) is 0 Å². The lowest BCUT2D eigenvalue weighted by Crippen LogP contribution is -2.49. The molecular formula is C21H35N. The van der Waals surface area contributed by atoms with Crippen molar-refractivity contribution in [2.24, 2.45) is 5.92 Å². The molecule has 1 fully saturated rings. The number of rotatable bonds is 4. The molecule has 0 bridgehead atoms. The van der Waals surface area contributed by atoms with Gasteiger partial charge in [-0.15, -0.1) is 0 Å². The van der Waals surface area contributed by atoms with Crippen LogP contribution in [0.5, 0.6) is 0 Å². The molecule has 1 aromatic rings. The summed E-state index contributed by atoms with van der Waals surface area (Å²) in [5.74, 6) is 0.873. The summed E-state index contributed by atoms with van der Waals surface area (Å²) < 4.78 is 0. The van der Waals surface area contributed by atoms with Crippen molar-refractivity contribution in [3.8, 4) is 0 Å². The van der Waals surface area contributed by atoms with Gasteiger partial charge in [-0.3, -0.25) is 0 Å². The summed E-state index contributed by atoms with van der Waals surface area (Å²) in [6.45, 7) is 13.9. The lowest BCUT2D eigenvalue weighted by atomic mass is 9.71. The summed E-state index contributed by atoms with van der Waals surface area (Å²) in [6.07, 6.45) is 6.40. The van der Waals surface area contributed by atoms with E-state index in [1.807, 2.05) is 0 Å². The van der Waals surface area contributed by atoms with Crippen molar-refractivity contribution in [3.63, 3.8) is 0 Å². The maximum Gasteiger partial charge on any atom is 0.0436 e. The zero-order valence-corrected chi connectivity index (χ0v) is 15.5. The normalized spacial score (nSPS) is 27.6. The third-order valence-corrected chi connectivity index (χ3v) is 5.54. The zero-order valence-electron chi connectivity index (χ0n) is 15.5. The molecule has 0 radical (unpaired) electrons. The second-order valence-electron chi connectivity index (χ2n) is 8.55. The minimum atomic E-state index is 0.184. The molecule has 1 aromatic carbocycles. The van der Waals surface area contributed by atoms with Gasteiger partial charge in [-0.1, -0.05) is 58.9 Å². The van der Waals surface area contributed by atoms with Crippen LogP contribution in [-0.2, 0) is 11.0 Å². The van der Waals surface area contributed by atoms with Gasteiger partial charge in [-0.25, -0.2) is 0 Å². The van der Waals surface area contributed by atoms with Gasteiger partial charge in [0, 0.05) is 11.6 Å². The Morgan fingerprint density at radius 1 is 1.23 bits per heavy atom. The topological polar surface area (TPSA) is 12.0 Å². The first kappa shape index (κ1) is 17.5. The van der Waals surface area contributed by atoms with Crippen molar-refractivity contribution in [1.82, 2.24) is 5.32 Å². The number of nitrogens with one attached hydrogen (secondary N) is 1. The zero-order chi connectivity index (χ0) is 16.4. The van der Waals surface area contributed by atoms with E-state index in [0.717, 1.165) is 5.92 Å². The molecule has 1 N–H and O–H groups in total. The SMILES string of the molecule is CCC(C)NC1(c2cccc(C(C)(C)C)c2)CCC(C)CC1. The highest BCUT2D eigenvalue weighted by molar-refractivity contribution is 5.34. The van der Waals surface area contributed by atoms with Gasteiger partial charge in [0.1, 0.15) is 0 Å². The molecule has 1 nitrogen and oxygen atoms in total. The third kappa shape index (κ3) is 3.93. The van der Waals surface area contributed by atoms with Crippen molar-refractivity contribution >= 4 is 0 Å². The fourth-order valence-corrected chi connectivity index (χ4v) is 3.63. The van der Waals surface area contributed by atoms with Gasteiger partial charge in [0.2, 0.25) is 0 Å². The Balaban J connectivity index is 2.37. The van der Waals surface area contributed by atoms with Gasteiger partial charge in [0.05, 0.1) is 0 Å². The second kappa shape index (κ2) is 6.74. The predicted octanol–water partition coefficient (Wildman–Crippen LogP) is 5.78. The fourth-order valence-electron chi connectivity index (χ4n) is 3.63. The third-order valence-electron chi connectivity index (χ3n) is 5.54. The van der Waals surface area contributed by atoms with E-state index >= 15 is 0 Å². The largest absolute Gasteiger partial charge is 0.305 e. The van der Waals surface area contributed by atoms with Gasteiger partial charge >= 0.3 is 0 Å². The summed E-state index contributed by atoms with van der Waals surface area (Å²) in [5, 5.41) is 4.00. The van der Waals surface area contributed by atoms with Crippen LogP contribution in [0.3, 0.4) is 0 Å². The van der Waals surface area contributed by atoms with E-state index in [9.17, 15) is 0 Å². The molecule has 1 aliphatic carbocycles. The van der Waals surface area contributed by atoms with Crippen LogP contribution in [0.4, 0.5) is 0 Å². The second-order valence-corrected chi connectivity index (χ2v) is 8.55. The Labute approximate surface area is 137 Å². The van der Waals surface area contributed by atoms with Gasteiger partial charge in [-0.05, 0) is 61.5 Å².